The minimum absolute atomic E-state index is 2.78. The van der Waals surface area contributed by atoms with Gasteiger partial charge in [-0.2, -0.15) is 8.78 Å². The average Bonchev–Trinajstić information content (AvgIpc) is 1.31. The molecule has 0 saturated heterocycles. The lowest BCUT2D eigenvalue weighted by Gasteiger charge is -2.06. The molecule has 0 aromatic heterocycles. The van der Waals surface area contributed by atoms with Crippen molar-refractivity contribution < 1.29 is 13.2 Å². The van der Waals surface area contributed by atoms with Crippen molar-refractivity contribution in [1.29, 1.82) is 0 Å². The topological polar surface area (TPSA) is 26.0 Å². The minimum atomic E-state index is -3.90. The monoisotopic (exact) mass is 133 g/mol. The average molecular weight is 134 g/mol. The quantitative estimate of drug-likeness (QED) is 0.420. The Balaban J connectivity index is 3.54. The van der Waals surface area contributed by atoms with Gasteiger partial charge in [-0.05, 0) is 0 Å². The van der Waals surface area contributed by atoms with Crippen LogP contribution < -0.4 is 5.73 Å². The van der Waals surface area contributed by atoms with Crippen LogP contribution in [0.2, 0.25) is 0 Å². The van der Waals surface area contributed by atoms with E-state index in [1.165, 1.54) is 0 Å². The Bertz CT molecular complexity index is 58.4. The van der Waals surface area contributed by atoms with Crippen LogP contribution in [0.3, 0.4) is 0 Å². The molecule has 0 aromatic rings. The number of alkyl halides is 4. The third-order valence-electron chi connectivity index (χ3n) is 0.291. The zero-order valence-corrected chi connectivity index (χ0v) is 3.92. The van der Waals surface area contributed by atoms with E-state index in [1.54, 1.807) is 0 Å². The molecule has 0 fully saturated rings. The van der Waals surface area contributed by atoms with Gasteiger partial charge >= 0.3 is 6.05 Å². The summed E-state index contributed by atoms with van der Waals surface area (Å²) in [5.41, 5.74) is 1.05. The highest BCUT2D eigenvalue weighted by Gasteiger charge is 2.32. The van der Waals surface area contributed by atoms with Gasteiger partial charge in [0.2, 0.25) is 0 Å². The predicted octanol–water partition coefficient (Wildman–Crippen LogP) is 1.07. The minimum Gasteiger partial charge on any atom is -0.268 e. The Morgan fingerprint density at radius 2 is 1.71 bits per heavy atom. The van der Waals surface area contributed by atoms with Crippen LogP contribution in [0.15, 0.2) is 0 Å². The number of halogens is 4. The molecule has 5 heteroatoms. The van der Waals surface area contributed by atoms with Crippen LogP contribution in [0.5, 0.6) is 0 Å². The van der Waals surface area contributed by atoms with Crippen molar-refractivity contribution in [3.63, 3.8) is 0 Å². The zero-order chi connectivity index (χ0) is 6.08. The van der Waals surface area contributed by atoms with E-state index >= 15 is 0 Å². The molecule has 0 aliphatic rings. The molecule has 44 valence electrons. The molecule has 0 radical (unpaired) electrons. The first-order chi connectivity index (χ1) is 2.94. The highest BCUT2D eigenvalue weighted by Crippen LogP contribution is 2.16. The summed E-state index contributed by atoms with van der Waals surface area (Å²) in [6.45, 7) is 0. The van der Waals surface area contributed by atoms with Gasteiger partial charge in [-0.25, -0.2) is 4.39 Å². The Labute approximate surface area is 43.2 Å². The summed E-state index contributed by atoms with van der Waals surface area (Å²) in [5, 5.41) is 0. The van der Waals surface area contributed by atoms with Gasteiger partial charge < -0.3 is 0 Å². The molecular formula is C2H3ClF3N. The Morgan fingerprint density at radius 1 is 1.57 bits per heavy atom. The molecule has 1 atom stereocenters. The van der Waals surface area contributed by atoms with E-state index < -0.39 is 11.7 Å². The van der Waals surface area contributed by atoms with Crippen LogP contribution in [0.4, 0.5) is 13.2 Å². The number of rotatable bonds is 1. The summed E-state index contributed by atoms with van der Waals surface area (Å²) in [7, 11) is 0. The van der Waals surface area contributed by atoms with E-state index in [1.807, 2.05) is 0 Å². The first-order valence-corrected chi connectivity index (χ1v) is 1.83. The van der Waals surface area contributed by atoms with Crippen molar-refractivity contribution in [1.82, 2.24) is 0 Å². The molecule has 0 spiro atoms. The molecule has 0 aliphatic carbocycles. The molecule has 7 heavy (non-hydrogen) atoms. The van der Waals surface area contributed by atoms with E-state index in [-0.39, 0.29) is 0 Å². The third kappa shape index (κ3) is 2.70. The van der Waals surface area contributed by atoms with Crippen molar-refractivity contribution >= 4 is 11.6 Å². The van der Waals surface area contributed by atoms with Crippen LogP contribution >= 0.6 is 11.6 Å². The van der Waals surface area contributed by atoms with Crippen molar-refractivity contribution in [2.24, 2.45) is 5.73 Å². The summed E-state index contributed by atoms with van der Waals surface area (Å²) >= 11 is 4.21. The van der Waals surface area contributed by atoms with Gasteiger partial charge in [0.15, 0.2) is 0 Å². The standard InChI is InChI=1S/C2H3ClF3N/c3-1(4)2(5,6)7/h1H,7H2. The zero-order valence-electron chi connectivity index (χ0n) is 3.17. The lowest BCUT2D eigenvalue weighted by molar-refractivity contribution is -0.0338. The van der Waals surface area contributed by atoms with Crippen molar-refractivity contribution in [3.8, 4) is 0 Å². The summed E-state index contributed by atoms with van der Waals surface area (Å²) in [5.74, 6) is 0. The molecule has 0 aliphatic heterocycles. The molecule has 1 unspecified atom stereocenters. The van der Waals surface area contributed by atoms with Gasteiger partial charge in [0.05, 0.1) is 0 Å². The fraction of sp³-hybridized carbons (Fsp3) is 1.00. The molecule has 1 nitrogen and oxygen atoms in total. The summed E-state index contributed by atoms with van der Waals surface area (Å²) in [4.78, 5) is 0. The second-order valence-corrected chi connectivity index (χ2v) is 1.36. The van der Waals surface area contributed by atoms with Gasteiger partial charge in [0.25, 0.3) is 5.63 Å². The smallest absolute Gasteiger partial charge is 0.268 e. The van der Waals surface area contributed by atoms with Crippen molar-refractivity contribution in [2.45, 2.75) is 11.7 Å². The second-order valence-electron chi connectivity index (χ2n) is 0.975. The molecule has 0 heterocycles. The number of hydrogen-bond acceptors (Lipinski definition) is 1. The molecule has 0 rings (SSSR count). The Morgan fingerprint density at radius 3 is 1.71 bits per heavy atom. The van der Waals surface area contributed by atoms with Crippen LogP contribution in [-0.2, 0) is 0 Å². The fourth-order valence-corrected chi connectivity index (χ4v) is 0. The summed E-state index contributed by atoms with van der Waals surface area (Å²) in [6, 6.07) is -3.90. The molecule has 0 saturated carbocycles. The molecule has 2 N–H and O–H groups in total. The van der Waals surface area contributed by atoms with Gasteiger partial charge in [-0.1, -0.05) is 11.6 Å². The number of nitrogens with two attached hydrogens (primary N) is 1. The maximum atomic E-state index is 11.1. The summed E-state index contributed by atoms with van der Waals surface area (Å²) in [6.07, 6.45) is 0. The molecule has 0 bridgehead atoms. The van der Waals surface area contributed by atoms with Gasteiger partial charge in [-0.15, -0.1) is 0 Å². The van der Waals surface area contributed by atoms with Crippen LogP contribution in [0.1, 0.15) is 0 Å². The van der Waals surface area contributed by atoms with Crippen molar-refractivity contribution in [2.75, 3.05) is 0 Å². The largest absolute Gasteiger partial charge is 0.344 e. The van der Waals surface area contributed by atoms with E-state index in [0.717, 1.165) is 0 Å². The van der Waals surface area contributed by atoms with E-state index in [4.69, 9.17) is 0 Å². The fourth-order valence-electron chi connectivity index (χ4n) is 0. The molecular weight excluding hydrogens is 130 g/mol. The number of hydrogen-bond donors (Lipinski definition) is 1. The SMILES string of the molecule is NC(F)(F)C(F)Cl. The van der Waals surface area contributed by atoms with E-state index in [9.17, 15) is 13.2 Å². The highest BCUT2D eigenvalue weighted by atomic mass is 35.5. The molecule has 0 amide bonds. The lowest BCUT2D eigenvalue weighted by atomic mass is 10.6. The Kier molecular flexibility index (Phi) is 1.89. The molecule has 0 aromatic carbocycles. The van der Waals surface area contributed by atoms with E-state index in [0.29, 0.717) is 0 Å². The highest BCUT2D eigenvalue weighted by molar-refractivity contribution is 6.20. The summed E-state index contributed by atoms with van der Waals surface area (Å²) < 4.78 is 33.3. The maximum absolute atomic E-state index is 11.1. The van der Waals surface area contributed by atoms with E-state index in [2.05, 4.69) is 17.3 Å². The van der Waals surface area contributed by atoms with Crippen LogP contribution in [0.25, 0.3) is 0 Å². The normalized spacial score (nSPS) is 16.7. The third-order valence-corrected chi connectivity index (χ3v) is 0.582. The predicted molar refractivity (Wildman–Crippen MR) is 19.9 cm³/mol. The first kappa shape index (κ1) is 7.04. The van der Waals surface area contributed by atoms with Crippen LogP contribution in [0, 0.1) is 0 Å². The first-order valence-electron chi connectivity index (χ1n) is 1.39. The Hall–Kier alpha value is 0.0400. The lowest BCUT2D eigenvalue weighted by Crippen LogP contribution is -2.36. The van der Waals surface area contributed by atoms with Gasteiger partial charge in [0.1, 0.15) is 0 Å². The van der Waals surface area contributed by atoms with Crippen LogP contribution in [-0.4, -0.2) is 11.7 Å². The van der Waals surface area contributed by atoms with Gasteiger partial charge in [-0.3, -0.25) is 5.73 Å². The van der Waals surface area contributed by atoms with Gasteiger partial charge in [0, 0.05) is 0 Å². The second kappa shape index (κ2) is 1.88. The maximum Gasteiger partial charge on any atom is 0.344 e. The van der Waals surface area contributed by atoms with Crippen molar-refractivity contribution in [3.05, 3.63) is 0 Å².